The Labute approximate surface area is 419 Å². The third kappa shape index (κ3) is 53.0. The van der Waals surface area contributed by atoms with Gasteiger partial charge in [-0.25, -0.2) is 0 Å². The summed E-state index contributed by atoms with van der Waals surface area (Å²) in [5.74, 6) is -0.957. The maximum absolute atomic E-state index is 12.8. The molecule has 0 radical (unpaired) electrons. The topological polar surface area (TPSA) is 78.9 Å². The smallest absolute Gasteiger partial charge is 0.306 e. The van der Waals surface area contributed by atoms with E-state index in [2.05, 4.69) is 130 Å². The third-order valence-corrected chi connectivity index (χ3v) is 11.5. The molecular weight excluding hydrogens is 841 g/mol. The molecule has 0 spiro atoms. The fourth-order valence-electron chi connectivity index (χ4n) is 7.29. The van der Waals surface area contributed by atoms with E-state index in [0.29, 0.717) is 19.3 Å². The van der Waals surface area contributed by atoms with Crippen molar-refractivity contribution in [2.45, 2.75) is 252 Å². The first kappa shape index (κ1) is 64.1. The van der Waals surface area contributed by atoms with E-state index in [0.717, 1.165) is 135 Å². The third-order valence-electron chi connectivity index (χ3n) is 11.5. The Balaban J connectivity index is 4.48. The summed E-state index contributed by atoms with van der Waals surface area (Å²) in [4.78, 5) is 38.1. The quantitative estimate of drug-likeness (QED) is 0.0262. The number of hydrogen-bond acceptors (Lipinski definition) is 6. The second-order valence-electron chi connectivity index (χ2n) is 18.1. The van der Waals surface area contributed by atoms with Crippen LogP contribution in [-0.4, -0.2) is 37.2 Å². The van der Waals surface area contributed by atoms with E-state index < -0.39 is 6.10 Å². The number of esters is 3. The lowest BCUT2D eigenvalue weighted by Gasteiger charge is -2.18. The van der Waals surface area contributed by atoms with Gasteiger partial charge in [0.2, 0.25) is 0 Å². The van der Waals surface area contributed by atoms with E-state index in [1.54, 1.807) is 0 Å². The molecule has 0 aromatic carbocycles. The minimum Gasteiger partial charge on any atom is -0.462 e. The van der Waals surface area contributed by atoms with Crippen LogP contribution in [0.25, 0.3) is 0 Å². The molecule has 0 heterocycles. The van der Waals surface area contributed by atoms with Crippen LogP contribution in [0.5, 0.6) is 0 Å². The van der Waals surface area contributed by atoms with Gasteiger partial charge in [0.25, 0.3) is 0 Å². The van der Waals surface area contributed by atoms with Gasteiger partial charge in [0.05, 0.1) is 0 Å². The summed E-state index contributed by atoms with van der Waals surface area (Å²) < 4.78 is 16.8. The second-order valence-corrected chi connectivity index (χ2v) is 18.1. The molecule has 0 N–H and O–H groups in total. The molecule has 0 aliphatic heterocycles. The summed E-state index contributed by atoms with van der Waals surface area (Å²) in [6.45, 7) is 6.42. The highest BCUT2D eigenvalue weighted by molar-refractivity contribution is 5.71. The molecule has 386 valence electrons. The molecule has 0 aliphatic carbocycles. The summed E-state index contributed by atoms with van der Waals surface area (Å²) in [5.41, 5.74) is 0. The van der Waals surface area contributed by atoms with Crippen molar-refractivity contribution in [1.29, 1.82) is 0 Å². The molecule has 0 aromatic heterocycles. The van der Waals surface area contributed by atoms with Crippen LogP contribution >= 0.6 is 0 Å². The maximum Gasteiger partial charge on any atom is 0.306 e. The highest BCUT2D eigenvalue weighted by Gasteiger charge is 2.19. The molecule has 0 saturated carbocycles. The van der Waals surface area contributed by atoms with Crippen LogP contribution in [0.15, 0.2) is 109 Å². The van der Waals surface area contributed by atoms with Crippen molar-refractivity contribution in [3.8, 4) is 0 Å². The molecule has 6 nitrogen and oxygen atoms in total. The van der Waals surface area contributed by atoms with Crippen molar-refractivity contribution in [1.82, 2.24) is 0 Å². The monoisotopic (exact) mass is 943 g/mol. The predicted molar refractivity (Wildman–Crippen MR) is 293 cm³/mol. The number of unbranched alkanes of at least 4 members (excludes halogenated alkanes) is 20. The zero-order chi connectivity index (χ0) is 49.3. The average molecular weight is 943 g/mol. The van der Waals surface area contributed by atoms with E-state index in [1.165, 1.54) is 70.6 Å². The second kappa shape index (κ2) is 55.7. The zero-order valence-corrected chi connectivity index (χ0v) is 44.1. The predicted octanol–water partition coefficient (Wildman–Crippen LogP) is 18.7. The Morgan fingerprint density at radius 2 is 0.574 bits per heavy atom. The van der Waals surface area contributed by atoms with Crippen LogP contribution in [0, 0.1) is 0 Å². The van der Waals surface area contributed by atoms with Crippen LogP contribution in [0.4, 0.5) is 0 Å². The van der Waals surface area contributed by atoms with Crippen molar-refractivity contribution in [3.05, 3.63) is 109 Å². The first-order valence-electron chi connectivity index (χ1n) is 27.9. The summed E-state index contributed by atoms with van der Waals surface area (Å²) in [7, 11) is 0. The summed E-state index contributed by atoms with van der Waals surface area (Å²) in [6.07, 6.45) is 75.0. The molecule has 0 bridgehead atoms. The fraction of sp³-hybridized carbons (Fsp3) is 0.661. The summed E-state index contributed by atoms with van der Waals surface area (Å²) in [5, 5.41) is 0. The normalized spacial score (nSPS) is 12.9. The van der Waals surface area contributed by atoms with E-state index >= 15 is 0 Å². The lowest BCUT2D eigenvalue weighted by molar-refractivity contribution is -0.167. The highest BCUT2D eigenvalue weighted by atomic mass is 16.6. The van der Waals surface area contributed by atoms with Gasteiger partial charge in [0.1, 0.15) is 13.2 Å². The minimum absolute atomic E-state index is 0.100. The molecule has 1 atom stereocenters. The van der Waals surface area contributed by atoms with Gasteiger partial charge in [-0.3, -0.25) is 14.4 Å². The zero-order valence-electron chi connectivity index (χ0n) is 44.1. The van der Waals surface area contributed by atoms with Crippen LogP contribution in [0.3, 0.4) is 0 Å². The van der Waals surface area contributed by atoms with Crippen LogP contribution in [0.1, 0.15) is 245 Å². The van der Waals surface area contributed by atoms with Crippen LogP contribution in [-0.2, 0) is 28.6 Å². The van der Waals surface area contributed by atoms with Crippen molar-refractivity contribution < 1.29 is 28.6 Å². The fourth-order valence-corrected chi connectivity index (χ4v) is 7.29. The largest absolute Gasteiger partial charge is 0.462 e. The number of ether oxygens (including phenoxy) is 3. The van der Waals surface area contributed by atoms with Gasteiger partial charge >= 0.3 is 17.9 Å². The Bertz CT molecular complexity index is 1410. The van der Waals surface area contributed by atoms with E-state index in [9.17, 15) is 14.4 Å². The molecule has 0 unspecified atom stereocenters. The lowest BCUT2D eigenvalue weighted by atomic mass is 10.1. The lowest BCUT2D eigenvalue weighted by Crippen LogP contribution is -2.30. The van der Waals surface area contributed by atoms with Crippen molar-refractivity contribution >= 4 is 17.9 Å². The van der Waals surface area contributed by atoms with Gasteiger partial charge in [0, 0.05) is 19.3 Å². The molecule has 68 heavy (non-hydrogen) atoms. The SMILES string of the molecule is CC/C=C\C/C=C\C/C=C\C/C=C\C/C=C\CCCCCC(=O)OC[C@@H](COC(=O)CCCCCCC/C=C\CCCCC)OC(=O)CCCCCCCC/C=C\C/C=C\C/C=C\CCCCC. The van der Waals surface area contributed by atoms with Crippen molar-refractivity contribution in [2.75, 3.05) is 13.2 Å². The van der Waals surface area contributed by atoms with Crippen LogP contribution < -0.4 is 0 Å². The molecule has 0 aliphatic rings. The summed E-state index contributed by atoms with van der Waals surface area (Å²) >= 11 is 0. The van der Waals surface area contributed by atoms with Crippen LogP contribution in [0.2, 0.25) is 0 Å². The van der Waals surface area contributed by atoms with E-state index in [-0.39, 0.29) is 31.1 Å². The first-order valence-corrected chi connectivity index (χ1v) is 27.9. The molecule has 6 heteroatoms. The average Bonchev–Trinajstić information content (AvgIpc) is 3.34. The molecule has 0 amide bonds. The molecule has 0 saturated heterocycles. The molecular formula is C62H102O6. The molecule has 0 rings (SSSR count). The number of carbonyl (C=O) groups is 3. The minimum atomic E-state index is -0.804. The van der Waals surface area contributed by atoms with Gasteiger partial charge in [0.15, 0.2) is 6.10 Å². The number of carbonyl (C=O) groups excluding carboxylic acids is 3. The number of hydrogen-bond donors (Lipinski definition) is 0. The Hall–Kier alpha value is -3.93. The number of rotatable bonds is 49. The Morgan fingerprint density at radius 1 is 0.309 bits per heavy atom. The Kier molecular flexibility index (Phi) is 52.4. The Morgan fingerprint density at radius 3 is 0.926 bits per heavy atom. The first-order chi connectivity index (χ1) is 33.5. The van der Waals surface area contributed by atoms with Gasteiger partial charge < -0.3 is 14.2 Å². The molecule has 0 fully saturated rings. The van der Waals surface area contributed by atoms with Crippen molar-refractivity contribution in [2.24, 2.45) is 0 Å². The maximum atomic E-state index is 12.8. The van der Waals surface area contributed by atoms with Gasteiger partial charge in [-0.2, -0.15) is 0 Å². The van der Waals surface area contributed by atoms with E-state index in [1.807, 2.05) is 0 Å². The van der Waals surface area contributed by atoms with Gasteiger partial charge in [-0.15, -0.1) is 0 Å². The van der Waals surface area contributed by atoms with Gasteiger partial charge in [-0.05, 0) is 128 Å². The molecule has 0 aromatic rings. The van der Waals surface area contributed by atoms with Crippen molar-refractivity contribution in [3.63, 3.8) is 0 Å². The standard InChI is InChI=1S/C62H102O6/c1-4-7-10-13-16-19-22-25-27-29-31-33-35-37-40-43-46-49-52-55-61(64)67-58-59(57-66-60(63)54-51-48-45-42-39-24-21-18-15-12-9-6-3)68-62(65)56-53-50-47-44-41-38-36-34-32-30-28-26-23-20-17-14-11-8-5-2/h7,10,16-21,25-28,31-34,37,40,59H,4-6,8-9,11-15,22-24,29-30,35-36,38-39,41-58H2,1-3H3/b10-7-,19-16-,20-17-,21-18-,27-25-,28-26-,33-31-,34-32-,40-37-/t59-/m1/s1. The van der Waals surface area contributed by atoms with Gasteiger partial charge in [-0.1, -0.05) is 207 Å². The highest BCUT2D eigenvalue weighted by Crippen LogP contribution is 2.13. The van der Waals surface area contributed by atoms with E-state index in [4.69, 9.17) is 14.2 Å². The summed E-state index contributed by atoms with van der Waals surface area (Å²) in [6, 6.07) is 0. The number of allylic oxidation sites excluding steroid dienone is 18.